The number of carbonyl (C=O) groups excluding carboxylic acids is 1. The predicted molar refractivity (Wildman–Crippen MR) is 80.6 cm³/mol. The molecule has 1 saturated heterocycles. The molecule has 0 N–H and O–H groups in total. The molecule has 0 saturated carbocycles. The van der Waals surface area contributed by atoms with Crippen LogP contribution >= 0.6 is 0 Å². The van der Waals surface area contributed by atoms with Gasteiger partial charge in [0.2, 0.25) is 0 Å². The van der Waals surface area contributed by atoms with E-state index in [0.29, 0.717) is 12.2 Å². The number of carbonyl (C=O) groups is 1. The van der Waals surface area contributed by atoms with E-state index in [1.807, 2.05) is 47.4 Å². The van der Waals surface area contributed by atoms with Crippen molar-refractivity contribution >= 4 is 12.0 Å². The topological polar surface area (TPSA) is 51.0 Å². The minimum absolute atomic E-state index is 0.00853. The van der Waals surface area contributed by atoms with E-state index in [1.165, 1.54) is 0 Å². The van der Waals surface area contributed by atoms with E-state index in [-0.39, 0.29) is 5.91 Å². The molecule has 0 radical (unpaired) electrons. The van der Waals surface area contributed by atoms with Gasteiger partial charge in [0.15, 0.2) is 5.69 Å². The van der Waals surface area contributed by atoms with Crippen LogP contribution in [-0.4, -0.2) is 38.9 Å². The fourth-order valence-corrected chi connectivity index (χ4v) is 2.43. The lowest BCUT2D eigenvalue weighted by atomic mass is 10.2. The van der Waals surface area contributed by atoms with Crippen LogP contribution in [0.1, 0.15) is 28.9 Å². The van der Waals surface area contributed by atoms with E-state index in [0.717, 1.165) is 31.5 Å². The van der Waals surface area contributed by atoms with E-state index in [4.69, 9.17) is 0 Å². The Labute approximate surface area is 123 Å². The molecular weight excluding hydrogens is 264 g/mol. The first-order chi connectivity index (χ1) is 10.3. The number of allylic oxidation sites excluding steroid dienone is 1. The number of amides is 1. The zero-order valence-electron chi connectivity index (χ0n) is 11.9. The van der Waals surface area contributed by atoms with Crippen molar-refractivity contribution in [3.05, 3.63) is 53.9 Å². The molecule has 0 unspecified atom stereocenters. The van der Waals surface area contributed by atoms with Gasteiger partial charge in [-0.3, -0.25) is 4.79 Å². The maximum atomic E-state index is 12.1. The third kappa shape index (κ3) is 3.37. The number of nitrogens with zero attached hydrogens (tertiary/aromatic N) is 4. The van der Waals surface area contributed by atoms with Crippen molar-refractivity contribution in [2.75, 3.05) is 13.1 Å². The highest BCUT2D eigenvalue weighted by Crippen LogP contribution is 2.11. The first kappa shape index (κ1) is 13.5. The zero-order chi connectivity index (χ0) is 14.5. The standard InChI is InChI=1S/C16H18N4O/c21-16(19-10-4-5-11-19)15-13-20(18-17-15)12-6-9-14-7-2-1-3-8-14/h1-3,6-9,13H,4-5,10-12H2/b9-6+. The lowest BCUT2D eigenvalue weighted by Crippen LogP contribution is -2.27. The Bertz CT molecular complexity index is 627. The molecule has 0 bridgehead atoms. The largest absolute Gasteiger partial charge is 0.337 e. The van der Waals surface area contributed by atoms with E-state index >= 15 is 0 Å². The second-order valence-electron chi connectivity index (χ2n) is 5.14. The van der Waals surface area contributed by atoms with Crippen LogP contribution in [0.25, 0.3) is 6.08 Å². The number of rotatable bonds is 4. The van der Waals surface area contributed by atoms with Crippen LogP contribution in [0.15, 0.2) is 42.6 Å². The van der Waals surface area contributed by atoms with Crippen molar-refractivity contribution in [1.82, 2.24) is 19.9 Å². The van der Waals surface area contributed by atoms with Gasteiger partial charge in [-0.05, 0) is 18.4 Å². The van der Waals surface area contributed by atoms with Gasteiger partial charge in [-0.2, -0.15) is 0 Å². The normalized spacial score (nSPS) is 15.0. The van der Waals surface area contributed by atoms with E-state index in [2.05, 4.69) is 10.3 Å². The second kappa shape index (κ2) is 6.35. The third-order valence-electron chi connectivity index (χ3n) is 3.55. The first-order valence-corrected chi connectivity index (χ1v) is 7.24. The number of hydrogen-bond donors (Lipinski definition) is 0. The molecule has 1 aliphatic heterocycles. The molecule has 0 spiro atoms. The van der Waals surface area contributed by atoms with Crippen molar-refractivity contribution in [1.29, 1.82) is 0 Å². The summed E-state index contributed by atoms with van der Waals surface area (Å²) in [5, 5.41) is 7.98. The van der Waals surface area contributed by atoms with Crippen molar-refractivity contribution in [2.45, 2.75) is 19.4 Å². The highest BCUT2D eigenvalue weighted by Gasteiger charge is 2.21. The molecule has 21 heavy (non-hydrogen) atoms. The average Bonchev–Trinajstić information content (AvgIpc) is 3.19. The molecule has 108 valence electrons. The van der Waals surface area contributed by atoms with Crippen molar-refractivity contribution in [2.24, 2.45) is 0 Å². The summed E-state index contributed by atoms with van der Waals surface area (Å²) >= 11 is 0. The number of aromatic nitrogens is 3. The van der Waals surface area contributed by atoms with Crippen LogP contribution < -0.4 is 0 Å². The number of benzene rings is 1. The summed E-state index contributed by atoms with van der Waals surface area (Å²) in [6.07, 6.45) is 7.92. The van der Waals surface area contributed by atoms with Crippen LogP contribution in [-0.2, 0) is 6.54 Å². The average molecular weight is 282 g/mol. The van der Waals surface area contributed by atoms with Gasteiger partial charge in [0.1, 0.15) is 0 Å². The molecule has 0 atom stereocenters. The maximum absolute atomic E-state index is 12.1. The molecule has 2 heterocycles. The summed E-state index contributed by atoms with van der Waals surface area (Å²) in [4.78, 5) is 14.0. The Balaban J connectivity index is 1.60. The summed E-state index contributed by atoms with van der Waals surface area (Å²) < 4.78 is 1.68. The first-order valence-electron chi connectivity index (χ1n) is 7.24. The quantitative estimate of drug-likeness (QED) is 0.864. The van der Waals surface area contributed by atoms with Crippen molar-refractivity contribution in [3.63, 3.8) is 0 Å². The second-order valence-corrected chi connectivity index (χ2v) is 5.14. The minimum atomic E-state index is -0.00853. The van der Waals surface area contributed by atoms with Gasteiger partial charge in [0, 0.05) is 13.1 Å². The molecule has 1 aromatic heterocycles. The Hall–Kier alpha value is -2.43. The molecule has 1 fully saturated rings. The highest BCUT2D eigenvalue weighted by atomic mass is 16.2. The van der Waals surface area contributed by atoms with Gasteiger partial charge < -0.3 is 4.90 Å². The SMILES string of the molecule is O=C(c1cn(C/C=C/c2ccccc2)nn1)N1CCCC1. The van der Waals surface area contributed by atoms with E-state index < -0.39 is 0 Å². The lowest BCUT2D eigenvalue weighted by Gasteiger charge is -2.12. The molecule has 1 aromatic carbocycles. The fraction of sp³-hybridized carbons (Fsp3) is 0.312. The Morgan fingerprint density at radius 2 is 1.95 bits per heavy atom. The summed E-state index contributed by atoms with van der Waals surface area (Å²) in [5.41, 5.74) is 1.58. The lowest BCUT2D eigenvalue weighted by molar-refractivity contribution is 0.0787. The van der Waals surface area contributed by atoms with E-state index in [9.17, 15) is 4.79 Å². The van der Waals surface area contributed by atoms with Crippen LogP contribution in [0, 0.1) is 0 Å². The molecule has 2 aromatic rings. The van der Waals surface area contributed by atoms with Gasteiger partial charge in [0.05, 0.1) is 12.7 Å². The maximum Gasteiger partial charge on any atom is 0.276 e. The van der Waals surface area contributed by atoms with Gasteiger partial charge in [-0.1, -0.05) is 47.7 Å². The monoisotopic (exact) mass is 282 g/mol. The van der Waals surface area contributed by atoms with Gasteiger partial charge in [-0.15, -0.1) is 5.10 Å². The number of likely N-dealkylation sites (tertiary alicyclic amines) is 1. The van der Waals surface area contributed by atoms with Crippen LogP contribution in [0.4, 0.5) is 0 Å². The van der Waals surface area contributed by atoms with Crippen LogP contribution in [0.3, 0.4) is 0 Å². The Morgan fingerprint density at radius 1 is 1.19 bits per heavy atom. The molecule has 5 nitrogen and oxygen atoms in total. The summed E-state index contributed by atoms with van der Waals surface area (Å²) in [7, 11) is 0. The molecule has 1 aliphatic rings. The highest BCUT2D eigenvalue weighted by molar-refractivity contribution is 5.92. The molecule has 5 heteroatoms. The summed E-state index contributed by atoms with van der Waals surface area (Å²) in [6.45, 7) is 2.27. The molecule has 3 rings (SSSR count). The molecule has 1 amide bonds. The van der Waals surface area contributed by atoms with Crippen molar-refractivity contribution in [3.8, 4) is 0 Å². The summed E-state index contributed by atoms with van der Waals surface area (Å²) in [6, 6.07) is 10.1. The van der Waals surface area contributed by atoms with Gasteiger partial charge in [-0.25, -0.2) is 4.68 Å². The van der Waals surface area contributed by atoms with Crippen LogP contribution in [0.2, 0.25) is 0 Å². The smallest absolute Gasteiger partial charge is 0.276 e. The Kier molecular flexibility index (Phi) is 4.09. The Morgan fingerprint density at radius 3 is 2.71 bits per heavy atom. The third-order valence-corrected chi connectivity index (χ3v) is 3.55. The minimum Gasteiger partial charge on any atom is -0.337 e. The van der Waals surface area contributed by atoms with Gasteiger partial charge >= 0.3 is 0 Å². The number of hydrogen-bond acceptors (Lipinski definition) is 3. The predicted octanol–water partition coefficient (Wildman–Crippen LogP) is 2.23. The van der Waals surface area contributed by atoms with Crippen LogP contribution in [0.5, 0.6) is 0 Å². The fourth-order valence-electron chi connectivity index (χ4n) is 2.43. The zero-order valence-corrected chi connectivity index (χ0v) is 11.9. The molecule has 0 aliphatic carbocycles. The van der Waals surface area contributed by atoms with Crippen molar-refractivity contribution < 1.29 is 4.79 Å². The van der Waals surface area contributed by atoms with Gasteiger partial charge in [0.25, 0.3) is 5.91 Å². The molecular formula is C16H18N4O. The summed E-state index contributed by atoms with van der Waals surface area (Å²) in [5.74, 6) is -0.00853. The van der Waals surface area contributed by atoms with E-state index in [1.54, 1.807) is 10.9 Å².